The molecule has 1 aromatic rings. The number of halogens is 4. The van der Waals surface area contributed by atoms with Crippen LogP contribution in [0.1, 0.15) is 5.76 Å². The Morgan fingerprint density at radius 2 is 2.14 bits per heavy atom. The largest absolute Gasteiger partial charge is 0.448 e. The third-order valence-corrected chi connectivity index (χ3v) is 1.42. The molecule has 0 radical (unpaired) electrons. The summed E-state index contributed by atoms with van der Waals surface area (Å²) in [4.78, 5) is 4.13. The maximum absolute atomic E-state index is 11.6. The van der Waals surface area contributed by atoms with Crippen LogP contribution in [0.4, 0.5) is 13.2 Å². The van der Waals surface area contributed by atoms with E-state index in [4.69, 9.17) is 16.0 Å². The van der Waals surface area contributed by atoms with E-state index in [2.05, 4.69) is 10.3 Å². The molecule has 80 valence electrons. The smallest absolute Gasteiger partial charge is 0.413 e. The van der Waals surface area contributed by atoms with Gasteiger partial charge in [0.25, 0.3) is 0 Å². The molecule has 1 N–H and O–H groups in total. The van der Waals surface area contributed by atoms with Crippen LogP contribution in [0.25, 0.3) is 0 Å². The van der Waals surface area contributed by atoms with Crippen LogP contribution in [0.15, 0.2) is 16.5 Å². The molecule has 0 aliphatic rings. The molecular formula is C7H7ClF3NO2. The fraction of sp³-hybridized carbons (Fsp3) is 0.429. The Kier molecular flexibility index (Phi) is 3.79. The number of hydrogen-bond acceptors (Lipinski definition) is 3. The van der Waals surface area contributed by atoms with Gasteiger partial charge in [-0.2, -0.15) is 18.7 Å². The van der Waals surface area contributed by atoms with Crippen molar-refractivity contribution in [3.63, 3.8) is 0 Å². The lowest BCUT2D eigenvalue weighted by Crippen LogP contribution is -2.24. The van der Waals surface area contributed by atoms with E-state index in [0.29, 0.717) is 5.76 Å². The number of furan rings is 1. The SMILES string of the molecule is FC(F)(F)CONCc1ccc(Cl)o1. The first-order valence-corrected chi connectivity index (χ1v) is 4.01. The van der Waals surface area contributed by atoms with Gasteiger partial charge in [-0.1, -0.05) is 0 Å². The molecule has 1 aromatic heterocycles. The van der Waals surface area contributed by atoms with Gasteiger partial charge in [0.2, 0.25) is 0 Å². The zero-order valence-corrected chi connectivity index (χ0v) is 7.65. The monoisotopic (exact) mass is 229 g/mol. The predicted molar refractivity (Wildman–Crippen MR) is 42.6 cm³/mol. The Labute approximate surface area is 82.7 Å². The second-order valence-corrected chi connectivity index (χ2v) is 2.80. The first-order valence-electron chi connectivity index (χ1n) is 3.63. The molecule has 0 saturated carbocycles. The number of nitrogens with one attached hydrogen (secondary N) is 1. The van der Waals surface area contributed by atoms with Crippen molar-refractivity contribution in [2.45, 2.75) is 12.7 Å². The summed E-state index contributed by atoms with van der Waals surface area (Å²) >= 11 is 5.43. The standard InChI is InChI=1S/C7H7ClF3NO2/c8-6-2-1-5(14-6)3-12-13-4-7(9,10)11/h1-2,12H,3-4H2. The van der Waals surface area contributed by atoms with Crippen molar-refractivity contribution in [1.29, 1.82) is 0 Å². The van der Waals surface area contributed by atoms with Crippen LogP contribution in [0.5, 0.6) is 0 Å². The van der Waals surface area contributed by atoms with Gasteiger partial charge in [-0.25, -0.2) is 0 Å². The van der Waals surface area contributed by atoms with Crippen LogP contribution in [-0.2, 0) is 11.4 Å². The lowest BCUT2D eigenvalue weighted by molar-refractivity contribution is -0.190. The fourth-order valence-corrected chi connectivity index (χ4v) is 0.864. The predicted octanol–water partition coefficient (Wildman–Crippen LogP) is 2.52. The third-order valence-electron chi connectivity index (χ3n) is 1.21. The molecule has 0 amide bonds. The fourth-order valence-electron chi connectivity index (χ4n) is 0.702. The molecule has 0 fully saturated rings. The second-order valence-electron chi connectivity index (χ2n) is 2.43. The zero-order chi connectivity index (χ0) is 10.6. The molecule has 0 bridgehead atoms. The van der Waals surface area contributed by atoms with Gasteiger partial charge in [0.05, 0.1) is 6.54 Å². The highest BCUT2D eigenvalue weighted by atomic mass is 35.5. The van der Waals surface area contributed by atoms with E-state index in [1.54, 1.807) is 0 Å². The summed E-state index contributed by atoms with van der Waals surface area (Å²) in [5, 5.41) is 0.178. The van der Waals surface area contributed by atoms with Gasteiger partial charge in [-0.15, -0.1) is 0 Å². The minimum absolute atomic E-state index is 0.0306. The van der Waals surface area contributed by atoms with E-state index in [9.17, 15) is 13.2 Å². The van der Waals surface area contributed by atoms with E-state index in [1.165, 1.54) is 12.1 Å². The highest BCUT2D eigenvalue weighted by Crippen LogP contribution is 2.14. The minimum Gasteiger partial charge on any atom is -0.448 e. The summed E-state index contributed by atoms with van der Waals surface area (Å²) in [5.41, 5.74) is 2.10. The third kappa shape index (κ3) is 4.50. The molecule has 0 aromatic carbocycles. The molecule has 1 rings (SSSR count). The molecule has 0 aliphatic carbocycles. The highest BCUT2D eigenvalue weighted by molar-refractivity contribution is 6.28. The molecule has 0 spiro atoms. The molecular weight excluding hydrogens is 223 g/mol. The normalized spacial score (nSPS) is 12.0. The lowest BCUT2D eigenvalue weighted by Gasteiger charge is -2.06. The lowest BCUT2D eigenvalue weighted by atomic mass is 10.5. The van der Waals surface area contributed by atoms with Gasteiger partial charge >= 0.3 is 6.18 Å². The summed E-state index contributed by atoms with van der Waals surface area (Å²) in [7, 11) is 0. The summed E-state index contributed by atoms with van der Waals surface area (Å²) < 4.78 is 39.6. The molecule has 0 atom stereocenters. The Bertz CT molecular complexity index is 287. The maximum atomic E-state index is 11.6. The van der Waals surface area contributed by atoms with E-state index in [-0.39, 0.29) is 11.8 Å². The Morgan fingerprint density at radius 3 is 2.64 bits per heavy atom. The van der Waals surface area contributed by atoms with Gasteiger partial charge in [0.1, 0.15) is 5.76 Å². The second kappa shape index (κ2) is 4.68. The summed E-state index contributed by atoms with van der Waals surface area (Å²) in [6, 6.07) is 3.02. The number of hydroxylamine groups is 1. The minimum atomic E-state index is -4.34. The number of hydrogen-bond donors (Lipinski definition) is 1. The van der Waals surface area contributed by atoms with Crippen LogP contribution in [0.3, 0.4) is 0 Å². The van der Waals surface area contributed by atoms with Crippen molar-refractivity contribution >= 4 is 11.6 Å². The van der Waals surface area contributed by atoms with Crippen molar-refractivity contribution in [2.24, 2.45) is 0 Å². The van der Waals surface area contributed by atoms with Crippen LogP contribution >= 0.6 is 11.6 Å². The van der Waals surface area contributed by atoms with Crippen molar-refractivity contribution in [1.82, 2.24) is 5.48 Å². The molecule has 0 saturated heterocycles. The quantitative estimate of drug-likeness (QED) is 0.636. The van der Waals surface area contributed by atoms with E-state index >= 15 is 0 Å². The Balaban J connectivity index is 2.16. The zero-order valence-electron chi connectivity index (χ0n) is 6.90. The molecule has 0 aliphatic heterocycles. The van der Waals surface area contributed by atoms with Gasteiger partial charge in [0, 0.05) is 0 Å². The van der Waals surface area contributed by atoms with Crippen molar-refractivity contribution in [3.05, 3.63) is 23.1 Å². The van der Waals surface area contributed by atoms with Gasteiger partial charge in [-0.3, -0.25) is 4.84 Å². The van der Waals surface area contributed by atoms with Gasteiger partial charge in [-0.05, 0) is 23.7 Å². The van der Waals surface area contributed by atoms with Crippen molar-refractivity contribution in [2.75, 3.05) is 6.61 Å². The van der Waals surface area contributed by atoms with Crippen molar-refractivity contribution in [3.8, 4) is 0 Å². The molecule has 1 heterocycles. The van der Waals surface area contributed by atoms with E-state index < -0.39 is 12.8 Å². The topological polar surface area (TPSA) is 34.4 Å². The number of alkyl halides is 3. The average molecular weight is 230 g/mol. The molecule has 0 unspecified atom stereocenters. The van der Waals surface area contributed by atoms with Crippen LogP contribution < -0.4 is 5.48 Å². The first kappa shape index (κ1) is 11.4. The summed E-state index contributed by atoms with van der Waals surface area (Å²) in [6.45, 7) is -1.32. The highest BCUT2D eigenvalue weighted by Gasteiger charge is 2.27. The molecule has 3 nitrogen and oxygen atoms in total. The number of rotatable bonds is 4. The summed E-state index contributed by atoms with van der Waals surface area (Å²) in [5.74, 6) is 0.400. The van der Waals surface area contributed by atoms with Crippen LogP contribution in [-0.4, -0.2) is 12.8 Å². The van der Waals surface area contributed by atoms with Gasteiger partial charge < -0.3 is 4.42 Å². The van der Waals surface area contributed by atoms with E-state index in [0.717, 1.165) is 0 Å². The first-order chi connectivity index (χ1) is 6.47. The van der Waals surface area contributed by atoms with Crippen LogP contribution in [0.2, 0.25) is 5.22 Å². The summed E-state index contributed by atoms with van der Waals surface area (Å²) in [6.07, 6.45) is -4.34. The van der Waals surface area contributed by atoms with E-state index in [1.807, 2.05) is 0 Å². The van der Waals surface area contributed by atoms with Crippen molar-refractivity contribution < 1.29 is 22.4 Å². The Hall–Kier alpha value is -0.720. The molecule has 14 heavy (non-hydrogen) atoms. The molecule has 7 heteroatoms. The average Bonchev–Trinajstić information content (AvgIpc) is 2.44. The Morgan fingerprint density at radius 1 is 1.43 bits per heavy atom. The maximum Gasteiger partial charge on any atom is 0.413 e. The van der Waals surface area contributed by atoms with Crippen LogP contribution in [0, 0.1) is 0 Å². The van der Waals surface area contributed by atoms with Gasteiger partial charge in [0.15, 0.2) is 11.8 Å².